The van der Waals surface area contributed by atoms with E-state index in [1.54, 1.807) is 19.3 Å². The first-order valence-corrected chi connectivity index (χ1v) is 16.5. The molecule has 0 spiro atoms. The molecule has 4 aromatic rings. The Hall–Kier alpha value is -4.89. The van der Waals surface area contributed by atoms with Crippen molar-refractivity contribution in [1.82, 2.24) is 25.1 Å². The van der Waals surface area contributed by atoms with E-state index in [9.17, 15) is 35.9 Å². The molecule has 3 N–H and O–H groups in total. The van der Waals surface area contributed by atoms with Crippen LogP contribution < -0.4 is 16.0 Å². The third-order valence-electron chi connectivity index (χ3n) is 8.38. The zero-order chi connectivity index (χ0) is 37.3. The molecule has 0 unspecified atom stereocenters. The van der Waals surface area contributed by atoms with E-state index in [1.807, 2.05) is 39.8 Å². The van der Waals surface area contributed by atoms with Crippen molar-refractivity contribution < 1.29 is 40.7 Å². The predicted molar refractivity (Wildman–Crippen MR) is 179 cm³/mol. The van der Waals surface area contributed by atoms with Gasteiger partial charge in [-0.1, -0.05) is 6.92 Å². The molecule has 51 heavy (non-hydrogen) atoms. The van der Waals surface area contributed by atoms with Crippen molar-refractivity contribution in [2.75, 3.05) is 10.6 Å². The van der Waals surface area contributed by atoms with Gasteiger partial charge in [-0.2, -0.15) is 31.4 Å². The third-order valence-corrected chi connectivity index (χ3v) is 8.38. The molecule has 2 heterocycles. The van der Waals surface area contributed by atoms with Crippen molar-refractivity contribution in [3.8, 4) is 11.3 Å². The van der Waals surface area contributed by atoms with Gasteiger partial charge in [0.2, 0.25) is 11.9 Å². The van der Waals surface area contributed by atoms with Crippen LogP contribution in [0.5, 0.6) is 0 Å². The van der Waals surface area contributed by atoms with Crippen LogP contribution in [0.15, 0.2) is 42.6 Å². The number of fused-ring (bicyclic) bond motifs is 1. The molecule has 0 radical (unpaired) electrons. The second kappa shape index (κ2) is 14.4. The molecule has 1 fully saturated rings. The van der Waals surface area contributed by atoms with E-state index in [2.05, 4.69) is 26.0 Å². The van der Waals surface area contributed by atoms with E-state index in [-0.39, 0.29) is 24.0 Å². The average molecular weight is 720 g/mol. The van der Waals surface area contributed by atoms with Gasteiger partial charge in [0.25, 0.3) is 0 Å². The molecule has 0 saturated heterocycles. The maximum Gasteiger partial charge on any atom is 0.416 e. The lowest BCUT2D eigenvalue weighted by atomic mass is 9.91. The van der Waals surface area contributed by atoms with Crippen LogP contribution >= 0.6 is 0 Å². The van der Waals surface area contributed by atoms with E-state index in [0.717, 1.165) is 47.7 Å². The first-order chi connectivity index (χ1) is 23.8. The minimum absolute atomic E-state index is 0.0174. The molecule has 0 atom stereocenters. The fourth-order valence-electron chi connectivity index (χ4n) is 6.04. The van der Waals surface area contributed by atoms with E-state index >= 15 is 0 Å². The van der Waals surface area contributed by atoms with Gasteiger partial charge in [-0.15, -0.1) is 0 Å². The number of anilines is 2. The molecular formula is C35H39F6N7O3. The first-order valence-electron chi connectivity index (χ1n) is 16.5. The number of hydrogen-bond acceptors (Lipinski definition) is 7. The molecular weight excluding hydrogens is 680 g/mol. The maximum absolute atomic E-state index is 13.3. The number of nitrogens with zero attached hydrogens (tertiary/aromatic N) is 4. The number of halogens is 6. The smallest absolute Gasteiger partial charge is 0.416 e. The number of rotatable bonds is 8. The summed E-state index contributed by atoms with van der Waals surface area (Å²) in [5, 5.41) is 13.9. The summed E-state index contributed by atoms with van der Waals surface area (Å²) in [5.41, 5.74) is -0.971. The van der Waals surface area contributed by atoms with E-state index in [1.165, 1.54) is 4.68 Å². The Morgan fingerprint density at radius 3 is 2.12 bits per heavy atom. The Kier molecular flexibility index (Phi) is 10.5. The number of carbonyl (C=O) groups excluding carboxylic acids is 2. The number of alkyl halides is 6. The normalized spacial score (nSPS) is 16.9. The summed E-state index contributed by atoms with van der Waals surface area (Å²) >= 11 is 0. The zero-order valence-corrected chi connectivity index (χ0v) is 28.7. The number of nitrogens with one attached hydrogen (secondary N) is 3. The van der Waals surface area contributed by atoms with E-state index in [0.29, 0.717) is 30.2 Å². The number of alkyl carbamates (subject to hydrolysis) is 1. The van der Waals surface area contributed by atoms with Gasteiger partial charge in [0.15, 0.2) is 5.82 Å². The average Bonchev–Trinajstić information content (AvgIpc) is 3.38. The highest BCUT2D eigenvalue weighted by atomic mass is 19.4. The van der Waals surface area contributed by atoms with Crippen LogP contribution in [-0.4, -0.2) is 49.4 Å². The van der Waals surface area contributed by atoms with Crippen LogP contribution in [0.4, 0.5) is 42.9 Å². The van der Waals surface area contributed by atoms with E-state index in [4.69, 9.17) is 9.72 Å². The van der Waals surface area contributed by atoms with Gasteiger partial charge in [0.1, 0.15) is 5.60 Å². The Labute approximate surface area is 290 Å². The molecule has 1 aliphatic rings. The summed E-state index contributed by atoms with van der Waals surface area (Å²) in [6.45, 7) is 7.45. The second-order valence-corrected chi connectivity index (χ2v) is 13.6. The number of carbonyl (C=O) groups is 2. The van der Waals surface area contributed by atoms with Crippen LogP contribution in [0, 0.1) is 0 Å². The molecule has 0 bridgehead atoms. The van der Waals surface area contributed by atoms with Crippen LogP contribution in [0.25, 0.3) is 22.2 Å². The first kappa shape index (κ1) is 37.4. The summed E-state index contributed by atoms with van der Waals surface area (Å²) < 4.78 is 86.5. The van der Waals surface area contributed by atoms with Crippen LogP contribution in [-0.2, 0) is 41.8 Å². The van der Waals surface area contributed by atoms with Gasteiger partial charge >= 0.3 is 18.4 Å². The maximum atomic E-state index is 13.3. The number of aryl methyl sites for hydroxylation is 2. The van der Waals surface area contributed by atoms with Gasteiger partial charge in [0, 0.05) is 42.3 Å². The highest BCUT2D eigenvalue weighted by Crippen LogP contribution is 2.37. The Bertz CT molecular complexity index is 1880. The van der Waals surface area contributed by atoms with Crippen LogP contribution in [0.1, 0.15) is 75.6 Å². The number of ether oxygens (including phenoxy) is 1. The molecule has 10 nitrogen and oxygen atoms in total. The van der Waals surface area contributed by atoms with Crippen molar-refractivity contribution in [2.45, 2.75) is 96.3 Å². The summed E-state index contributed by atoms with van der Waals surface area (Å²) in [6, 6.07) is 6.61. The minimum atomic E-state index is -5.02. The number of aromatic nitrogens is 4. The molecule has 2 aromatic carbocycles. The molecule has 1 aliphatic carbocycles. The number of hydrogen-bond donors (Lipinski definition) is 3. The summed E-state index contributed by atoms with van der Waals surface area (Å²) in [6.07, 6.45) is -5.64. The Balaban J connectivity index is 1.26. The summed E-state index contributed by atoms with van der Waals surface area (Å²) in [5.74, 6) is -0.270. The molecule has 16 heteroatoms. The van der Waals surface area contributed by atoms with Crippen molar-refractivity contribution in [2.24, 2.45) is 7.05 Å². The standard InChI is InChI=1S/C35H39F6N7O3/c1-6-20-14-21(15-22-18-42-31(46-30(20)22)43-25-7-9-26(10-8-25)44-32(50)51-33(2,3)4)27-17-28(47-48(27)5)45-29(49)13-19-11-23(34(36,37)38)16-24(12-19)35(39,40)41/h11-12,14-18,25-26H,6-10,13H2,1-5H3,(H,44,50)(H,42,43,46)(H,45,47,49). The van der Waals surface area contributed by atoms with Crippen molar-refractivity contribution in [3.63, 3.8) is 0 Å². The lowest BCUT2D eigenvalue weighted by Gasteiger charge is -2.30. The largest absolute Gasteiger partial charge is 0.444 e. The van der Waals surface area contributed by atoms with Crippen molar-refractivity contribution in [3.05, 3.63) is 64.8 Å². The topological polar surface area (TPSA) is 123 Å². The highest BCUT2D eigenvalue weighted by molar-refractivity contribution is 5.92. The molecule has 274 valence electrons. The highest BCUT2D eigenvalue weighted by Gasteiger charge is 2.37. The minimum Gasteiger partial charge on any atom is -0.444 e. The van der Waals surface area contributed by atoms with Crippen molar-refractivity contribution >= 4 is 34.7 Å². The number of benzene rings is 2. The number of amides is 2. The molecule has 2 aromatic heterocycles. The fraction of sp³-hybridized carbons (Fsp3) is 0.457. The Morgan fingerprint density at radius 2 is 1.53 bits per heavy atom. The SMILES string of the molecule is CCc1cc(-c2cc(NC(=O)Cc3cc(C(F)(F)F)cc(C(F)(F)F)c3)nn2C)cc2cnc(NC3CCC(NC(=O)OC(C)(C)C)CC3)nc12. The van der Waals surface area contributed by atoms with Crippen LogP contribution in [0.3, 0.4) is 0 Å². The molecule has 0 aliphatic heterocycles. The zero-order valence-electron chi connectivity index (χ0n) is 28.7. The summed E-state index contributed by atoms with van der Waals surface area (Å²) in [7, 11) is 1.64. The third kappa shape index (κ3) is 9.67. The lowest BCUT2D eigenvalue weighted by molar-refractivity contribution is -0.143. The van der Waals surface area contributed by atoms with Gasteiger partial charge in [-0.25, -0.2) is 14.8 Å². The second-order valence-electron chi connectivity index (χ2n) is 13.6. The van der Waals surface area contributed by atoms with Crippen molar-refractivity contribution in [1.29, 1.82) is 0 Å². The molecule has 2 amide bonds. The molecule has 5 rings (SSSR count). The fourth-order valence-corrected chi connectivity index (χ4v) is 6.04. The lowest BCUT2D eigenvalue weighted by Crippen LogP contribution is -2.42. The quantitative estimate of drug-likeness (QED) is 0.158. The van der Waals surface area contributed by atoms with Crippen LogP contribution in [0.2, 0.25) is 0 Å². The summed E-state index contributed by atoms with van der Waals surface area (Å²) in [4.78, 5) is 34.2. The Morgan fingerprint density at radius 1 is 0.902 bits per heavy atom. The monoisotopic (exact) mass is 719 g/mol. The van der Waals surface area contributed by atoms with Gasteiger partial charge in [-0.05, 0) is 94.3 Å². The molecule has 1 saturated carbocycles. The van der Waals surface area contributed by atoms with Gasteiger partial charge in [0.05, 0.1) is 28.8 Å². The van der Waals surface area contributed by atoms with Gasteiger partial charge < -0.3 is 20.7 Å². The van der Waals surface area contributed by atoms with Gasteiger partial charge in [-0.3, -0.25) is 9.48 Å². The van der Waals surface area contributed by atoms with E-state index < -0.39 is 53.1 Å². The predicted octanol–water partition coefficient (Wildman–Crippen LogP) is 8.06.